The molecule has 298 valence electrons. The van der Waals surface area contributed by atoms with E-state index in [2.05, 4.69) is 31.3 Å². The van der Waals surface area contributed by atoms with Crippen LogP contribution in [0.5, 0.6) is 0 Å². The molecule has 3 saturated carbocycles. The first-order valence-electron chi connectivity index (χ1n) is 18.1. The summed E-state index contributed by atoms with van der Waals surface area (Å²) in [4.78, 5) is 34.1. The fourth-order valence-electron chi connectivity index (χ4n) is 7.85. The zero-order valence-electron chi connectivity index (χ0n) is 29.2. The summed E-state index contributed by atoms with van der Waals surface area (Å²) >= 11 is 0. The molecule has 4 aliphatic rings. The molecule has 52 heavy (non-hydrogen) atoms. The Balaban J connectivity index is 1.39. The van der Waals surface area contributed by atoms with E-state index in [4.69, 9.17) is 32.4 Å². The molecule has 12 N–H and O–H groups in total. The summed E-state index contributed by atoms with van der Waals surface area (Å²) < 4.78 is 96.2. The molecular weight excluding hydrogens is 702 g/mol. The largest absolute Gasteiger partial charge is 0.391 e. The number of carbonyl (C=O) groups is 2. The molecule has 1 aliphatic heterocycles. The van der Waals surface area contributed by atoms with Crippen molar-refractivity contribution in [2.45, 2.75) is 144 Å². The number of unbranched alkanes of at least 4 members (excludes halogenated alkanes) is 1. The van der Waals surface area contributed by atoms with Crippen LogP contribution < -0.4 is 44.2 Å². The number of nitrogens with two attached hydrogens (primary N) is 4. The highest BCUT2D eigenvalue weighted by atomic mass is 19.4. The maximum atomic E-state index is 14.2. The van der Waals surface area contributed by atoms with Crippen LogP contribution in [0.1, 0.15) is 83.5 Å². The molecule has 1 saturated heterocycles. The van der Waals surface area contributed by atoms with Crippen LogP contribution in [0.4, 0.5) is 31.1 Å². The van der Waals surface area contributed by atoms with Gasteiger partial charge in [0.2, 0.25) is 5.91 Å². The zero-order chi connectivity index (χ0) is 38.1. The third-order valence-corrected chi connectivity index (χ3v) is 10.2. The molecule has 0 radical (unpaired) electrons. The molecule has 10 atom stereocenters. The van der Waals surface area contributed by atoms with E-state index in [1.807, 2.05) is 0 Å². The van der Waals surface area contributed by atoms with Crippen molar-refractivity contribution in [3.8, 4) is 0 Å². The van der Waals surface area contributed by atoms with Crippen LogP contribution in [0, 0.1) is 11.8 Å². The van der Waals surface area contributed by atoms with Gasteiger partial charge >= 0.3 is 18.4 Å². The van der Waals surface area contributed by atoms with Crippen molar-refractivity contribution in [1.29, 1.82) is 0 Å². The fraction of sp³-hybridized carbons (Fsp3) is 0.875. The summed E-state index contributed by atoms with van der Waals surface area (Å²) in [5.41, 5.74) is 21.5. The third-order valence-electron chi connectivity index (χ3n) is 10.2. The summed E-state index contributed by atoms with van der Waals surface area (Å²) in [5.74, 6) is -4.25. The molecular formula is C32H54F6N10O4. The molecule has 0 aromatic rings. The predicted molar refractivity (Wildman–Crippen MR) is 181 cm³/mol. The Morgan fingerprint density at radius 1 is 0.731 bits per heavy atom. The SMILES string of the molecule is NC(N)=NCCCCC(=O)NC1CC(C(F)(F)F)CC(NC(=O)NC2CCCC(OC3CC(N=C(N)N)CC(C(F)(F)F)C3)C2)C1O[C@@H]1CCNC1. The van der Waals surface area contributed by atoms with E-state index in [1.165, 1.54) is 0 Å². The van der Waals surface area contributed by atoms with Crippen LogP contribution in [0.15, 0.2) is 9.98 Å². The molecule has 0 aromatic carbocycles. The van der Waals surface area contributed by atoms with Crippen LogP contribution in [0.2, 0.25) is 0 Å². The zero-order valence-corrected chi connectivity index (χ0v) is 29.2. The van der Waals surface area contributed by atoms with E-state index in [9.17, 15) is 35.9 Å². The number of carbonyl (C=O) groups excluding carboxylic acids is 2. The van der Waals surface area contributed by atoms with Crippen LogP contribution >= 0.6 is 0 Å². The molecule has 14 nitrogen and oxygen atoms in total. The minimum atomic E-state index is -4.59. The fourth-order valence-corrected chi connectivity index (χ4v) is 7.85. The van der Waals surface area contributed by atoms with Gasteiger partial charge in [0.15, 0.2) is 11.9 Å². The van der Waals surface area contributed by atoms with Gasteiger partial charge in [0.1, 0.15) is 0 Å². The quantitative estimate of drug-likeness (QED) is 0.0594. The first-order chi connectivity index (χ1) is 24.5. The highest BCUT2D eigenvalue weighted by Crippen LogP contribution is 2.41. The van der Waals surface area contributed by atoms with Crippen LogP contribution in [0.3, 0.4) is 0 Å². The molecule has 3 aliphatic carbocycles. The van der Waals surface area contributed by atoms with Crippen molar-refractivity contribution in [2.75, 3.05) is 19.6 Å². The number of alkyl halides is 6. The number of urea groups is 1. The molecule has 4 rings (SSSR count). The second-order valence-electron chi connectivity index (χ2n) is 14.5. The summed E-state index contributed by atoms with van der Waals surface area (Å²) in [6.07, 6.45) is -8.99. The number of nitrogens with zero attached hydrogens (tertiary/aromatic N) is 2. The van der Waals surface area contributed by atoms with Gasteiger partial charge in [-0.3, -0.25) is 14.8 Å². The first kappa shape index (κ1) is 41.5. The highest BCUT2D eigenvalue weighted by Gasteiger charge is 2.51. The summed E-state index contributed by atoms with van der Waals surface area (Å²) in [6, 6.07) is -4.00. The van der Waals surface area contributed by atoms with Gasteiger partial charge in [0, 0.05) is 25.6 Å². The second kappa shape index (κ2) is 18.7. The smallest absolute Gasteiger partial charge is 0.375 e. The summed E-state index contributed by atoms with van der Waals surface area (Å²) in [6.45, 7) is 1.44. The molecule has 1 heterocycles. The summed E-state index contributed by atoms with van der Waals surface area (Å²) in [5, 5.41) is 11.5. The number of rotatable bonds is 13. The lowest BCUT2D eigenvalue weighted by Crippen LogP contribution is -2.63. The maximum absolute atomic E-state index is 14.2. The van der Waals surface area contributed by atoms with Crippen molar-refractivity contribution < 1.29 is 45.4 Å². The standard InChI is InChI=1S/C32H54F6N10O4/c33-31(34,35)17-10-20(45-29(41)42)15-23(11-17)51-21-5-3-4-19(14-21)46-30(50)48-25-13-18(32(36,37)38)12-24(27(25)52-22-7-9-43-16-22)47-26(49)6-1-2-8-44-28(39)40/h17-25,27,43H,1-16H2,(H,47,49)(H4,39,40,44)(H4,41,42,45)(H2,46,48,50)/t17?,18?,19?,20?,21?,22-,23?,24?,25?,27?/m1/s1. The topological polar surface area (TPSA) is 230 Å². The van der Waals surface area contributed by atoms with Gasteiger partial charge < -0.3 is 53.7 Å². The monoisotopic (exact) mass is 756 g/mol. The van der Waals surface area contributed by atoms with Gasteiger partial charge in [0.25, 0.3) is 0 Å². The number of hydrogen-bond acceptors (Lipinski definition) is 7. The van der Waals surface area contributed by atoms with Crippen LogP contribution in [0.25, 0.3) is 0 Å². The van der Waals surface area contributed by atoms with Crippen molar-refractivity contribution in [3.63, 3.8) is 0 Å². The Morgan fingerprint density at radius 2 is 1.42 bits per heavy atom. The molecule has 0 spiro atoms. The minimum Gasteiger partial charge on any atom is -0.375 e. The minimum absolute atomic E-state index is 0.0427. The molecule has 9 unspecified atom stereocenters. The Hall–Kier alpha value is -3.26. The van der Waals surface area contributed by atoms with Gasteiger partial charge in [-0.1, -0.05) is 0 Å². The van der Waals surface area contributed by atoms with E-state index in [-0.39, 0.29) is 43.7 Å². The lowest BCUT2D eigenvalue weighted by atomic mass is 9.79. The number of ether oxygens (including phenoxy) is 2. The normalized spacial score (nSPS) is 32.7. The molecule has 0 bridgehead atoms. The average Bonchev–Trinajstić information content (AvgIpc) is 3.54. The van der Waals surface area contributed by atoms with E-state index in [0.717, 1.165) is 0 Å². The van der Waals surface area contributed by atoms with E-state index >= 15 is 0 Å². The van der Waals surface area contributed by atoms with Crippen LogP contribution in [-0.4, -0.2) is 104 Å². The number of guanidine groups is 2. The Bertz CT molecular complexity index is 1230. The van der Waals surface area contributed by atoms with Gasteiger partial charge in [0.05, 0.1) is 54.4 Å². The number of halogens is 6. The van der Waals surface area contributed by atoms with Crippen LogP contribution in [-0.2, 0) is 14.3 Å². The van der Waals surface area contributed by atoms with Crippen molar-refractivity contribution in [1.82, 2.24) is 21.3 Å². The van der Waals surface area contributed by atoms with Crippen molar-refractivity contribution >= 4 is 23.9 Å². The van der Waals surface area contributed by atoms with Crippen molar-refractivity contribution in [2.24, 2.45) is 44.8 Å². The van der Waals surface area contributed by atoms with Gasteiger partial charge in [-0.2, -0.15) is 26.3 Å². The molecule has 4 fully saturated rings. The lowest BCUT2D eigenvalue weighted by Gasteiger charge is -2.43. The Labute approximate surface area is 299 Å². The van der Waals surface area contributed by atoms with E-state index in [0.29, 0.717) is 64.6 Å². The number of amides is 3. The highest BCUT2D eigenvalue weighted by molar-refractivity contribution is 5.77. The van der Waals surface area contributed by atoms with E-state index in [1.54, 1.807) is 0 Å². The second-order valence-corrected chi connectivity index (χ2v) is 14.5. The Morgan fingerprint density at radius 3 is 2.06 bits per heavy atom. The van der Waals surface area contributed by atoms with Gasteiger partial charge in [-0.15, -0.1) is 0 Å². The van der Waals surface area contributed by atoms with Gasteiger partial charge in [-0.25, -0.2) is 4.79 Å². The Kier molecular flexibility index (Phi) is 14.9. The number of nitrogens with one attached hydrogen (secondary N) is 4. The molecule has 3 amide bonds. The number of aliphatic imine (C=N–C) groups is 2. The molecule has 20 heteroatoms. The number of hydrogen-bond donors (Lipinski definition) is 8. The van der Waals surface area contributed by atoms with Gasteiger partial charge in [-0.05, 0) is 83.6 Å². The lowest BCUT2D eigenvalue weighted by molar-refractivity contribution is -0.197. The average molecular weight is 757 g/mol. The first-order valence-corrected chi connectivity index (χ1v) is 18.1. The van der Waals surface area contributed by atoms with Crippen molar-refractivity contribution in [3.05, 3.63) is 0 Å². The maximum Gasteiger partial charge on any atom is 0.391 e. The predicted octanol–water partition coefficient (Wildman–Crippen LogP) is 2.00. The van der Waals surface area contributed by atoms with E-state index < -0.39 is 91.4 Å². The summed E-state index contributed by atoms with van der Waals surface area (Å²) in [7, 11) is 0. The third kappa shape index (κ3) is 13.3. The molecule has 0 aromatic heterocycles.